The van der Waals surface area contributed by atoms with Crippen LogP contribution in [0.3, 0.4) is 0 Å². The Hall–Kier alpha value is -2.86. The topological polar surface area (TPSA) is 56.1 Å². The second kappa shape index (κ2) is 6.70. The zero-order valence-corrected chi connectivity index (χ0v) is 16.6. The lowest BCUT2D eigenvalue weighted by molar-refractivity contribution is 0.102. The van der Waals surface area contributed by atoms with E-state index < -0.39 is 0 Å². The third-order valence-electron chi connectivity index (χ3n) is 4.80. The van der Waals surface area contributed by atoms with Gasteiger partial charge in [-0.05, 0) is 41.8 Å². The first kappa shape index (κ1) is 17.5. The van der Waals surface area contributed by atoms with E-state index in [1.807, 2.05) is 41.9 Å². The molecule has 0 aliphatic carbocycles. The summed E-state index contributed by atoms with van der Waals surface area (Å²) in [6.07, 6.45) is 0. The summed E-state index contributed by atoms with van der Waals surface area (Å²) >= 11 is 1.50. The van der Waals surface area contributed by atoms with Gasteiger partial charge in [0.1, 0.15) is 11.4 Å². The van der Waals surface area contributed by atoms with Crippen molar-refractivity contribution in [3.8, 4) is 5.75 Å². The third kappa shape index (κ3) is 3.06. The lowest BCUT2D eigenvalue weighted by Gasteiger charge is -2.04. The molecule has 0 fully saturated rings. The predicted octanol–water partition coefficient (Wildman–Crippen LogP) is 5.17. The molecular formula is C21H21N3O2S. The van der Waals surface area contributed by atoms with Crippen molar-refractivity contribution in [2.45, 2.75) is 19.8 Å². The molecule has 0 atom stereocenters. The van der Waals surface area contributed by atoms with Gasteiger partial charge in [0, 0.05) is 12.4 Å². The number of fused-ring (bicyclic) bond motifs is 2. The number of nitrogens with one attached hydrogen (secondary N) is 1. The van der Waals surface area contributed by atoms with Crippen LogP contribution in [-0.4, -0.2) is 22.6 Å². The normalized spacial score (nSPS) is 11.4. The van der Waals surface area contributed by atoms with Crippen LogP contribution in [0.4, 0.5) is 5.13 Å². The highest BCUT2D eigenvalue weighted by Crippen LogP contribution is 2.31. The van der Waals surface area contributed by atoms with Crippen LogP contribution in [0, 0.1) is 0 Å². The minimum absolute atomic E-state index is 0.182. The number of rotatable bonds is 4. The zero-order valence-electron chi connectivity index (χ0n) is 15.7. The molecule has 0 saturated heterocycles. The summed E-state index contributed by atoms with van der Waals surface area (Å²) in [5.74, 6) is 1.03. The van der Waals surface area contributed by atoms with E-state index in [2.05, 4.69) is 36.3 Å². The molecule has 0 unspecified atom stereocenters. The molecule has 0 spiro atoms. The smallest absolute Gasteiger partial charge is 0.274 e. The maximum Gasteiger partial charge on any atom is 0.274 e. The third-order valence-corrected chi connectivity index (χ3v) is 5.73. The van der Waals surface area contributed by atoms with Crippen molar-refractivity contribution in [3.05, 3.63) is 53.7 Å². The summed E-state index contributed by atoms with van der Waals surface area (Å²) < 4.78 is 8.36. The molecule has 0 aliphatic heterocycles. The Morgan fingerprint density at radius 2 is 2.04 bits per heavy atom. The number of amides is 1. The number of carbonyl (C=O) groups excluding carboxylic acids is 1. The van der Waals surface area contributed by atoms with Gasteiger partial charge in [-0.15, -0.1) is 0 Å². The molecule has 0 aliphatic rings. The molecule has 27 heavy (non-hydrogen) atoms. The fraction of sp³-hybridized carbons (Fsp3) is 0.238. The van der Waals surface area contributed by atoms with Crippen LogP contribution in [0.15, 0.2) is 42.5 Å². The first-order valence-electron chi connectivity index (χ1n) is 8.82. The maximum absolute atomic E-state index is 12.9. The number of benzene rings is 2. The number of methoxy groups -OCH3 is 1. The van der Waals surface area contributed by atoms with Crippen LogP contribution in [0.1, 0.15) is 35.8 Å². The number of aromatic nitrogens is 2. The van der Waals surface area contributed by atoms with E-state index in [9.17, 15) is 4.79 Å². The number of hydrogen-bond acceptors (Lipinski definition) is 4. The molecule has 4 aromatic rings. The van der Waals surface area contributed by atoms with Crippen LogP contribution in [0.2, 0.25) is 0 Å². The highest BCUT2D eigenvalue weighted by atomic mass is 32.1. The van der Waals surface area contributed by atoms with Gasteiger partial charge in [-0.1, -0.05) is 37.3 Å². The Balaban J connectivity index is 1.67. The summed E-state index contributed by atoms with van der Waals surface area (Å²) in [4.78, 5) is 17.4. The van der Waals surface area contributed by atoms with Crippen LogP contribution in [0.25, 0.3) is 21.1 Å². The first-order chi connectivity index (χ1) is 13.0. The summed E-state index contributed by atoms with van der Waals surface area (Å²) in [5.41, 5.74) is 3.69. The molecule has 2 aromatic heterocycles. The molecule has 0 radical (unpaired) electrons. The number of aryl methyl sites for hydroxylation is 1. The summed E-state index contributed by atoms with van der Waals surface area (Å²) in [7, 11) is 3.51. The molecule has 6 heteroatoms. The van der Waals surface area contributed by atoms with Gasteiger partial charge in [0.2, 0.25) is 0 Å². The van der Waals surface area contributed by atoms with Gasteiger partial charge < -0.3 is 9.30 Å². The minimum Gasteiger partial charge on any atom is -0.496 e. The monoisotopic (exact) mass is 379 g/mol. The number of nitrogens with zero attached hydrogens (tertiary/aromatic N) is 2. The molecule has 4 rings (SSSR count). The Kier molecular flexibility index (Phi) is 4.36. The molecule has 0 bridgehead atoms. The predicted molar refractivity (Wildman–Crippen MR) is 111 cm³/mol. The van der Waals surface area contributed by atoms with E-state index in [4.69, 9.17) is 4.74 Å². The van der Waals surface area contributed by atoms with E-state index in [0.717, 1.165) is 26.9 Å². The fourth-order valence-corrected chi connectivity index (χ4v) is 4.15. The van der Waals surface area contributed by atoms with Gasteiger partial charge >= 0.3 is 0 Å². The van der Waals surface area contributed by atoms with Crippen molar-refractivity contribution >= 4 is 43.5 Å². The largest absolute Gasteiger partial charge is 0.496 e. The lowest BCUT2D eigenvalue weighted by Crippen LogP contribution is -2.15. The van der Waals surface area contributed by atoms with Gasteiger partial charge in [0.05, 0.1) is 22.8 Å². The quantitative estimate of drug-likeness (QED) is 0.532. The lowest BCUT2D eigenvalue weighted by atomic mass is 10.0. The standard InChI is InChI=1S/C21H21N3O2S/c1-12(2)13-8-9-15-19(10-13)27-21(22-15)23-20(25)17-11-14-16(24(17)3)6-5-7-18(14)26-4/h5-12H,1-4H3,(H,22,23,25). The van der Waals surface area contributed by atoms with E-state index in [0.29, 0.717) is 16.7 Å². The Labute approximate surface area is 161 Å². The van der Waals surface area contributed by atoms with Crippen molar-refractivity contribution in [2.24, 2.45) is 7.05 Å². The van der Waals surface area contributed by atoms with Crippen molar-refractivity contribution < 1.29 is 9.53 Å². The van der Waals surface area contributed by atoms with E-state index in [-0.39, 0.29) is 5.91 Å². The molecule has 0 saturated carbocycles. The number of carbonyl (C=O) groups is 1. The number of hydrogen-bond donors (Lipinski definition) is 1. The molecule has 1 N–H and O–H groups in total. The average molecular weight is 379 g/mol. The molecule has 1 amide bonds. The van der Waals surface area contributed by atoms with Crippen molar-refractivity contribution in [3.63, 3.8) is 0 Å². The summed E-state index contributed by atoms with van der Waals surface area (Å²) in [5, 5.41) is 4.46. The molecule has 5 nitrogen and oxygen atoms in total. The van der Waals surface area contributed by atoms with E-state index in [1.165, 1.54) is 16.9 Å². The van der Waals surface area contributed by atoms with E-state index >= 15 is 0 Å². The molecule has 2 heterocycles. The summed E-state index contributed by atoms with van der Waals surface area (Å²) in [6, 6.07) is 13.9. The second-order valence-electron chi connectivity index (χ2n) is 6.84. The number of anilines is 1. The van der Waals surface area contributed by atoms with Crippen molar-refractivity contribution in [1.29, 1.82) is 0 Å². The highest BCUT2D eigenvalue weighted by Gasteiger charge is 2.17. The Morgan fingerprint density at radius 3 is 2.78 bits per heavy atom. The SMILES string of the molecule is COc1cccc2c1cc(C(=O)Nc1nc3ccc(C(C)C)cc3s1)n2C. The van der Waals surface area contributed by atoms with Crippen LogP contribution < -0.4 is 10.1 Å². The number of thiazole rings is 1. The van der Waals surface area contributed by atoms with Gasteiger partial charge in [-0.2, -0.15) is 0 Å². The van der Waals surface area contributed by atoms with Crippen LogP contribution in [-0.2, 0) is 7.05 Å². The maximum atomic E-state index is 12.9. The van der Waals surface area contributed by atoms with E-state index in [1.54, 1.807) is 7.11 Å². The number of ether oxygens (including phenoxy) is 1. The van der Waals surface area contributed by atoms with Gasteiger partial charge in [0.15, 0.2) is 5.13 Å². The zero-order chi connectivity index (χ0) is 19.1. The summed E-state index contributed by atoms with van der Waals surface area (Å²) in [6.45, 7) is 4.33. The van der Waals surface area contributed by atoms with Crippen LogP contribution >= 0.6 is 11.3 Å². The fourth-order valence-electron chi connectivity index (χ4n) is 3.24. The van der Waals surface area contributed by atoms with Crippen LogP contribution in [0.5, 0.6) is 5.75 Å². The van der Waals surface area contributed by atoms with Crippen molar-refractivity contribution in [2.75, 3.05) is 12.4 Å². The molecular weight excluding hydrogens is 358 g/mol. The second-order valence-corrected chi connectivity index (χ2v) is 7.87. The van der Waals surface area contributed by atoms with Crippen molar-refractivity contribution in [1.82, 2.24) is 9.55 Å². The molecule has 138 valence electrons. The average Bonchev–Trinajstić information content (AvgIpc) is 3.21. The molecule has 2 aromatic carbocycles. The Morgan fingerprint density at radius 1 is 1.22 bits per heavy atom. The van der Waals surface area contributed by atoms with Gasteiger partial charge in [0.25, 0.3) is 5.91 Å². The highest BCUT2D eigenvalue weighted by molar-refractivity contribution is 7.22. The van der Waals surface area contributed by atoms with Gasteiger partial charge in [-0.3, -0.25) is 10.1 Å². The minimum atomic E-state index is -0.182. The van der Waals surface area contributed by atoms with Gasteiger partial charge in [-0.25, -0.2) is 4.98 Å². The Bertz CT molecular complexity index is 1160. The first-order valence-corrected chi connectivity index (χ1v) is 9.64.